The third-order valence-electron chi connectivity index (χ3n) is 4.48. The second-order valence-corrected chi connectivity index (χ2v) is 7.98. The van der Waals surface area contributed by atoms with Crippen molar-refractivity contribution in [3.8, 4) is 0 Å². The molecule has 1 amide bonds. The van der Waals surface area contributed by atoms with E-state index in [2.05, 4.69) is 30.4 Å². The third kappa shape index (κ3) is 4.95. The zero-order chi connectivity index (χ0) is 22.6. The number of amides is 1. The summed E-state index contributed by atoms with van der Waals surface area (Å²) in [5, 5.41) is 5.79. The molecule has 0 atom stereocenters. The number of anilines is 2. The van der Waals surface area contributed by atoms with Crippen molar-refractivity contribution in [1.82, 2.24) is 20.3 Å². The third-order valence-corrected chi connectivity index (χ3v) is 4.48. The number of aromatic nitrogens is 3. The van der Waals surface area contributed by atoms with E-state index in [0.29, 0.717) is 29.1 Å². The van der Waals surface area contributed by atoms with Crippen molar-refractivity contribution in [3.05, 3.63) is 64.9 Å². The average molecular weight is 416 g/mol. The topological polar surface area (TPSA) is 104 Å². The Bertz CT molecular complexity index is 1190. The van der Waals surface area contributed by atoms with Crippen LogP contribution in [-0.2, 0) is 4.79 Å². The number of benzene rings is 1. The van der Waals surface area contributed by atoms with Crippen LogP contribution in [-0.4, -0.2) is 33.2 Å². The zero-order valence-corrected chi connectivity index (χ0v) is 17.9. The maximum absolute atomic E-state index is 12.7. The molecule has 8 heteroatoms. The van der Waals surface area contributed by atoms with Crippen molar-refractivity contribution >= 4 is 40.4 Å². The van der Waals surface area contributed by atoms with Crippen LogP contribution < -0.4 is 10.6 Å². The molecule has 8 nitrogen and oxygen atoms in total. The van der Waals surface area contributed by atoms with Crippen LogP contribution in [0.2, 0.25) is 0 Å². The maximum atomic E-state index is 12.7. The highest BCUT2D eigenvalue weighted by Gasteiger charge is 2.26. The first-order valence-corrected chi connectivity index (χ1v) is 9.86. The Hall–Kier alpha value is -3.99. The van der Waals surface area contributed by atoms with E-state index in [9.17, 15) is 9.59 Å². The number of Topliss-reactive ketones (excluding diaryl/α,β-unsaturated/α-hetero) is 1. The summed E-state index contributed by atoms with van der Waals surface area (Å²) < 4.78 is 0. The molecule has 2 heterocycles. The predicted octanol–water partition coefficient (Wildman–Crippen LogP) is 4.33. The van der Waals surface area contributed by atoms with Gasteiger partial charge in [0.25, 0.3) is 5.70 Å². The van der Waals surface area contributed by atoms with Crippen LogP contribution in [0.5, 0.6) is 0 Å². The fourth-order valence-corrected chi connectivity index (χ4v) is 2.90. The van der Waals surface area contributed by atoms with Gasteiger partial charge in [0.2, 0.25) is 5.91 Å². The number of ketones is 1. The summed E-state index contributed by atoms with van der Waals surface area (Å²) in [5.41, 5.74) is 2.57. The number of aromatic amines is 1. The van der Waals surface area contributed by atoms with E-state index in [0.717, 1.165) is 11.3 Å². The van der Waals surface area contributed by atoms with E-state index < -0.39 is 11.3 Å². The monoisotopic (exact) mass is 416 g/mol. The first kappa shape index (κ1) is 21.7. The molecule has 0 saturated heterocycles. The molecule has 1 aromatic carbocycles. The van der Waals surface area contributed by atoms with Crippen LogP contribution in [0.3, 0.4) is 0 Å². The zero-order valence-electron chi connectivity index (χ0n) is 17.9. The van der Waals surface area contributed by atoms with Crippen molar-refractivity contribution < 1.29 is 9.59 Å². The lowest BCUT2D eigenvalue weighted by Crippen LogP contribution is -2.23. The van der Waals surface area contributed by atoms with Crippen molar-refractivity contribution in [2.45, 2.75) is 27.7 Å². The van der Waals surface area contributed by atoms with Gasteiger partial charge in [-0.25, -0.2) is 14.8 Å². The molecule has 158 valence electrons. The molecule has 0 fully saturated rings. The molecule has 0 unspecified atom stereocenters. The average Bonchev–Trinajstić information content (AvgIpc) is 3.15. The SMILES string of the molecule is [C-]#[N+]/C(=C/c1ccc(Nc2cnc3[nH]cc(C(=O)C(C)(C)C)c3n2)cc1)C(=O)NCC. The highest BCUT2D eigenvalue weighted by molar-refractivity contribution is 6.08. The van der Waals surface area contributed by atoms with E-state index in [4.69, 9.17) is 6.57 Å². The Morgan fingerprint density at radius 2 is 1.94 bits per heavy atom. The smallest absolute Gasteiger partial charge is 0.250 e. The molecule has 2 aromatic heterocycles. The first-order chi connectivity index (χ1) is 14.7. The van der Waals surface area contributed by atoms with Gasteiger partial charge in [-0.2, -0.15) is 0 Å². The summed E-state index contributed by atoms with van der Waals surface area (Å²) in [5.74, 6) is 0.0990. The van der Waals surface area contributed by atoms with Gasteiger partial charge in [-0.05, 0) is 30.7 Å². The Labute approximate surface area is 180 Å². The number of likely N-dealkylation sites (N-methyl/N-ethyl adjacent to an activating group) is 1. The van der Waals surface area contributed by atoms with E-state index >= 15 is 0 Å². The summed E-state index contributed by atoms with van der Waals surface area (Å²) in [6.07, 6.45) is 4.77. The molecule has 0 aliphatic carbocycles. The Balaban J connectivity index is 1.82. The molecular formula is C23H24N6O2. The molecule has 31 heavy (non-hydrogen) atoms. The van der Waals surface area contributed by atoms with Gasteiger partial charge >= 0.3 is 0 Å². The number of rotatable bonds is 6. The van der Waals surface area contributed by atoms with E-state index in [1.54, 1.807) is 31.5 Å². The lowest BCUT2D eigenvalue weighted by atomic mass is 9.87. The van der Waals surface area contributed by atoms with Gasteiger partial charge in [-0.3, -0.25) is 9.59 Å². The summed E-state index contributed by atoms with van der Waals surface area (Å²) in [7, 11) is 0. The Morgan fingerprint density at radius 1 is 1.23 bits per heavy atom. The lowest BCUT2D eigenvalue weighted by molar-refractivity contribution is -0.117. The fourth-order valence-electron chi connectivity index (χ4n) is 2.90. The fraction of sp³-hybridized carbons (Fsp3) is 0.261. The lowest BCUT2D eigenvalue weighted by Gasteiger charge is -2.15. The Morgan fingerprint density at radius 3 is 2.55 bits per heavy atom. The minimum absolute atomic E-state index is 0.0101. The van der Waals surface area contributed by atoms with E-state index in [1.807, 2.05) is 32.9 Å². The van der Waals surface area contributed by atoms with Gasteiger partial charge < -0.3 is 15.6 Å². The summed E-state index contributed by atoms with van der Waals surface area (Å²) in [6.45, 7) is 15.1. The van der Waals surface area contributed by atoms with Gasteiger partial charge in [0, 0.05) is 23.8 Å². The van der Waals surface area contributed by atoms with E-state index in [1.165, 1.54) is 6.08 Å². The summed E-state index contributed by atoms with van der Waals surface area (Å²) >= 11 is 0. The number of nitrogens with one attached hydrogen (secondary N) is 3. The van der Waals surface area contributed by atoms with Crippen molar-refractivity contribution in [2.24, 2.45) is 5.41 Å². The summed E-state index contributed by atoms with van der Waals surface area (Å²) in [6, 6.07) is 7.22. The van der Waals surface area contributed by atoms with Crippen LogP contribution in [0.15, 0.2) is 42.4 Å². The van der Waals surface area contributed by atoms with Gasteiger partial charge in [0.1, 0.15) is 11.3 Å². The Kier molecular flexibility index (Phi) is 6.16. The molecule has 3 N–H and O–H groups in total. The number of carbonyl (C=O) groups excluding carboxylic acids is 2. The minimum atomic E-state index is -0.526. The molecule has 3 aromatic rings. The standard InChI is InChI=1S/C23H24N6O2/c1-6-25-22(31)17(24-5)11-14-7-9-15(10-8-14)28-18-13-27-21-19(29-18)16(12-26-21)20(30)23(2,3)4/h7-13H,6H2,1-4H3,(H,25,31)(H,26,27)(H,28,29)/b17-11+. The second-order valence-electron chi connectivity index (χ2n) is 7.98. The summed E-state index contributed by atoms with van der Waals surface area (Å²) in [4.78, 5) is 39.7. The van der Waals surface area contributed by atoms with Crippen LogP contribution >= 0.6 is 0 Å². The number of hydrogen-bond donors (Lipinski definition) is 3. The van der Waals surface area contributed by atoms with Crippen LogP contribution in [0.25, 0.3) is 22.1 Å². The number of fused-ring (bicyclic) bond motifs is 1. The highest BCUT2D eigenvalue weighted by Crippen LogP contribution is 2.26. The van der Waals surface area contributed by atoms with Gasteiger partial charge in [0.15, 0.2) is 11.4 Å². The van der Waals surface area contributed by atoms with Crippen LogP contribution in [0.4, 0.5) is 11.5 Å². The maximum Gasteiger partial charge on any atom is 0.250 e. The predicted molar refractivity (Wildman–Crippen MR) is 121 cm³/mol. The van der Waals surface area contributed by atoms with Gasteiger partial charge in [-0.1, -0.05) is 32.9 Å². The molecule has 0 aliphatic heterocycles. The molecule has 3 rings (SSSR count). The van der Waals surface area contributed by atoms with Crippen molar-refractivity contribution in [1.29, 1.82) is 0 Å². The van der Waals surface area contributed by atoms with Gasteiger partial charge in [-0.15, -0.1) is 0 Å². The molecular weight excluding hydrogens is 392 g/mol. The molecule has 0 saturated carbocycles. The van der Waals surface area contributed by atoms with Gasteiger partial charge in [0.05, 0.1) is 18.3 Å². The van der Waals surface area contributed by atoms with Crippen molar-refractivity contribution in [2.75, 3.05) is 11.9 Å². The first-order valence-electron chi connectivity index (χ1n) is 9.86. The van der Waals surface area contributed by atoms with E-state index in [-0.39, 0.29) is 11.5 Å². The minimum Gasteiger partial charge on any atom is -0.362 e. The number of nitrogens with zero attached hydrogens (tertiary/aromatic N) is 3. The highest BCUT2D eigenvalue weighted by atomic mass is 16.2. The number of carbonyl (C=O) groups is 2. The normalized spacial score (nSPS) is 11.8. The van der Waals surface area contributed by atoms with Crippen LogP contribution in [0, 0.1) is 12.0 Å². The second kappa shape index (κ2) is 8.79. The van der Waals surface area contributed by atoms with Crippen molar-refractivity contribution in [3.63, 3.8) is 0 Å². The molecule has 0 radical (unpaired) electrons. The molecule has 0 bridgehead atoms. The number of hydrogen-bond acceptors (Lipinski definition) is 5. The molecule has 0 spiro atoms. The molecule has 0 aliphatic rings. The van der Waals surface area contributed by atoms with Crippen LogP contribution in [0.1, 0.15) is 43.6 Å². The largest absolute Gasteiger partial charge is 0.362 e. The quantitative estimate of drug-likeness (QED) is 0.315. The number of H-pyrrole nitrogens is 1.